The minimum Gasteiger partial charge on any atom is -0.435 e. The first-order valence-electron chi connectivity index (χ1n) is 11.3. The van der Waals surface area contributed by atoms with Crippen LogP contribution in [0.25, 0.3) is 0 Å². The Morgan fingerprint density at radius 3 is 2.50 bits per heavy atom. The number of para-hydroxylation sites is 1. The van der Waals surface area contributed by atoms with Crippen LogP contribution < -0.4 is 9.64 Å². The Morgan fingerprint density at radius 1 is 1.00 bits per heavy atom. The van der Waals surface area contributed by atoms with Crippen LogP contribution in [0, 0.1) is 5.82 Å². The van der Waals surface area contributed by atoms with Gasteiger partial charge in [-0.05, 0) is 31.3 Å². The molecule has 0 bridgehead atoms. The van der Waals surface area contributed by atoms with Crippen molar-refractivity contribution in [3.8, 4) is 11.6 Å². The average Bonchev–Trinajstić information content (AvgIpc) is 2.85. The Hall–Kier alpha value is -3.23. The summed E-state index contributed by atoms with van der Waals surface area (Å²) in [5.41, 5.74) is 1.95. The SMILES string of the molecule is CN1CCN(c2nc3c(c(Oc4ccccc4F)n2)CN(C(=O)c2ccccc2Cl)CC3)CC1. The number of benzene rings is 2. The topological polar surface area (TPSA) is 61.8 Å². The molecule has 0 aliphatic carbocycles. The van der Waals surface area contributed by atoms with Gasteiger partial charge >= 0.3 is 0 Å². The number of carbonyl (C=O) groups excluding carboxylic acids is 1. The van der Waals surface area contributed by atoms with E-state index in [4.69, 9.17) is 26.3 Å². The molecule has 3 heterocycles. The summed E-state index contributed by atoms with van der Waals surface area (Å²) < 4.78 is 20.4. The second kappa shape index (κ2) is 9.56. The van der Waals surface area contributed by atoms with E-state index < -0.39 is 5.82 Å². The molecular weight excluding hydrogens is 457 g/mol. The summed E-state index contributed by atoms with van der Waals surface area (Å²) in [5.74, 6) is 0.291. The molecule has 0 atom stereocenters. The van der Waals surface area contributed by atoms with E-state index in [-0.39, 0.29) is 24.1 Å². The van der Waals surface area contributed by atoms with Crippen LogP contribution in [0.1, 0.15) is 21.6 Å². The van der Waals surface area contributed by atoms with Gasteiger partial charge in [-0.1, -0.05) is 35.9 Å². The van der Waals surface area contributed by atoms with Crippen molar-refractivity contribution in [2.75, 3.05) is 44.7 Å². The van der Waals surface area contributed by atoms with Gasteiger partial charge in [0.25, 0.3) is 5.91 Å². The van der Waals surface area contributed by atoms with Crippen molar-refractivity contribution >= 4 is 23.5 Å². The number of anilines is 1. The normalized spacial score (nSPS) is 16.3. The minimum atomic E-state index is -0.476. The fourth-order valence-corrected chi connectivity index (χ4v) is 4.43. The summed E-state index contributed by atoms with van der Waals surface area (Å²) >= 11 is 6.26. The fourth-order valence-electron chi connectivity index (χ4n) is 4.21. The first-order chi connectivity index (χ1) is 16.5. The van der Waals surface area contributed by atoms with E-state index >= 15 is 0 Å². The maximum Gasteiger partial charge on any atom is 0.255 e. The van der Waals surface area contributed by atoms with Gasteiger partial charge in [0.05, 0.1) is 28.4 Å². The van der Waals surface area contributed by atoms with Gasteiger partial charge in [0.15, 0.2) is 11.6 Å². The molecule has 0 unspecified atom stereocenters. The molecule has 1 saturated heterocycles. The molecule has 2 aliphatic heterocycles. The molecule has 7 nitrogen and oxygen atoms in total. The maximum absolute atomic E-state index is 14.4. The molecule has 0 spiro atoms. The zero-order valence-electron chi connectivity index (χ0n) is 18.9. The van der Waals surface area contributed by atoms with Crippen LogP contribution in [0.3, 0.4) is 0 Å². The molecule has 3 aromatic rings. The molecule has 0 N–H and O–H groups in total. The van der Waals surface area contributed by atoms with Crippen LogP contribution in [0.2, 0.25) is 5.02 Å². The average molecular weight is 482 g/mol. The number of likely N-dealkylation sites (N-methyl/N-ethyl adjacent to an activating group) is 1. The number of amides is 1. The van der Waals surface area contributed by atoms with E-state index in [1.165, 1.54) is 6.07 Å². The van der Waals surface area contributed by atoms with Gasteiger partial charge in [-0.3, -0.25) is 4.79 Å². The van der Waals surface area contributed by atoms with Crippen molar-refractivity contribution in [1.29, 1.82) is 0 Å². The van der Waals surface area contributed by atoms with Gasteiger partial charge in [-0.15, -0.1) is 0 Å². The molecule has 34 heavy (non-hydrogen) atoms. The summed E-state index contributed by atoms with van der Waals surface area (Å²) in [7, 11) is 2.09. The summed E-state index contributed by atoms with van der Waals surface area (Å²) in [6.45, 7) is 4.16. The summed E-state index contributed by atoms with van der Waals surface area (Å²) in [4.78, 5) is 28.8. The highest BCUT2D eigenvalue weighted by molar-refractivity contribution is 6.33. The predicted molar refractivity (Wildman–Crippen MR) is 128 cm³/mol. The lowest BCUT2D eigenvalue weighted by molar-refractivity contribution is 0.0732. The smallest absolute Gasteiger partial charge is 0.255 e. The van der Waals surface area contributed by atoms with E-state index in [0.29, 0.717) is 35.1 Å². The van der Waals surface area contributed by atoms with Crippen molar-refractivity contribution < 1.29 is 13.9 Å². The monoisotopic (exact) mass is 481 g/mol. The van der Waals surface area contributed by atoms with Gasteiger partial charge in [0.1, 0.15) is 0 Å². The second-order valence-corrected chi connectivity index (χ2v) is 8.94. The molecule has 5 rings (SSSR count). The number of nitrogens with zero attached hydrogens (tertiary/aromatic N) is 5. The molecule has 176 valence electrons. The predicted octanol–water partition coefficient (Wildman–Crippen LogP) is 4.01. The zero-order valence-corrected chi connectivity index (χ0v) is 19.6. The number of piperazine rings is 1. The second-order valence-electron chi connectivity index (χ2n) is 8.53. The third-order valence-electron chi connectivity index (χ3n) is 6.23. The Bertz CT molecular complexity index is 1220. The number of carbonyl (C=O) groups is 1. The van der Waals surface area contributed by atoms with Crippen LogP contribution in [-0.4, -0.2) is 65.4 Å². The van der Waals surface area contributed by atoms with E-state index in [0.717, 1.165) is 31.9 Å². The fraction of sp³-hybridized carbons (Fsp3) is 0.320. The first kappa shape index (κ1) is 22.6. The van der Waals surface area contributed by atoms with Gasteiger partial charge < -0.3 is 19.4 Å². The molecule has 0 radical (unpaired) electrons. The highest BCUT2D eigenvalue weighted by atomic mass is 35.5. The minimum absolute atomic E-state index is 0.0854. The molecule has 1 aromatic heterocycles. The number of rotatable bonds is 4. The molecular formula is C25H25ClFN5O2. The lowest BCUT2D eigenvalue weighted by Gasteiger charge is -2.34. The molecule has 1 amide bonds. The van der Waals surface area contributed by atoms with Crippen molar-refractivity contribution in [2.24, 2.45) is 0 Å². The maximum atomic E-state index is 14.4. The third kappa shape index (κ3) is 4.56. The highest BCUT2D eigenvalue weighted by Gasteiger charge is 2.29. The molecule has 0 saturated carbocycles. The Balaban J connectivity index is 1.50. The summed E-state index contributed by atoms with van der Waals surface area (Å²) in [6, 6.07) is 13.2. The van der Waals surface area contributed by atoms with E-state index in [9.17, 15) is 9.18 Å². The standard InChI is InChI=1S/C25H25ClFN5O2/c1-30-12-14-31(15-13-30)25-28-21-10-11-32(24(33)17-6-2-3-7-19(17)26)16-18(21)23(29-25)34-22-9-5-4-8-20(22)27/h2-9H,10-16H2,1H3. The largest absolute Gasteiger partial charge is 0.435 e. The van der Waals surface area contributed by atoms with Crippen LogP contribution in [-0.2, 0) is 13.0 Å². The zero-order chi connectivity index (χ0) is 23.7. The van der Waals surface area contributed by atoms with Crippen LogP contribution in [0.15, 0.2) is 48.5 Å². The highest BCUT2D eigenvalue weighted by Crippen LogP contribution is 2.33. The third-order valence-corrected chi connectivity index (χ3v) is 6.56. The molecule has 9 heteroatoms. The molecule has 2 aromatic carbocycles. The number of halogens is 2. The van der Waals surface area contributed by atoms with Crippen LogP contribution >= 0.6 is 11.6 Å². The number of ether oxygens (including phenoxy) is 1. The number of aromatic nitrogens is 2. The summed E-state index contributed by atoms with van der Waals surface area (Å²) in [5, 5.41) is 0.405. The quantitative estimate of drug-likeness (QED) is 0.561. The van der Waals surface area contributed by atoms with Crippen LogP contribution in [0.5, 0.6) is 11.6 Å². The van der Waals surface area contributed by atoms with Gasteiger partial charge in [0.2, 0.25) is 11.8 Å². The van der Waals surface area contributed by atoms with Crippen LogP contribution in [0.4, 0.5) is 10.3 Å². The lowest BCUT2D eigenvalue weighted by atomic mass is 10.0. The molecule has 1 fully saturated rings. The first-order valence-corrected chi connectivity index (χ1v) is 11.7. The number of hydrogen-bond donors (Lipinski definition) is 0. The number of hydrogen-bond acceptors (Lipinski definition) is 6. The Kier molecular flexibility index (Phi) is 6.34. The van der Waals surface area contributed by atoms with Gasteiger partial charge in [-0.25, -0.2) is 9.37 Å². The Labute approximate surface area is 202 Å². The van der Waals surface area contributed by atoms with Crippen molar-refractivity contribution in [3.63, 3.8) is 0 Å². The number of fused-ring (bicyclic) bond motifs is 1. The summed E-state index contributed by atoms with van der Waals surface area (Å²) in [6.07, 6.45) is 0.544. The van der Waals surface area contributed by atoms with Crippen molar-refractivity contribution in [2.45, 2.75) is 13.0 Å². The van der Waals surface area contributed by atoms with E-state index in [1.54, 1.807) is 47.4 Å². The van der Waals surface area contributed by atoms with Gasteiger partial charge in [0, 0.05) is 39.1 Å². The Morgan fingerprint density at radius 2 is 1.74 bits per heavy atom. The van der Waals surface area contributed by atoms with E-state index in [1.807, 2.05) is 0 Å². The van der Waals surface area contributed by atoms with Crippen molar-refractivity contribution in [1.82, 2.24) is 19.8 Å². The molecule has 2 aliphatic rings. The van der Waals surface area contributed by atoms with E-state index in [2.05, 4.69) is 16.8 Å². The van der Waals surface area contributed by atoms with Crippen molar-refractivity contribution in [3.05, 3.63) is 76.2 Å². The van der Waals surface area contributed by atoms with Gasteiger partial charge in [-0.2, -0.15) is 4.98 Å². The lowest BCUT2D eigenvalue weighted by Crippen LogP contribution is -2.45.